The van der Waals surface area contributed by atoms with Crippen LogP contribution in [0.25, 0.3) is 0 Å². The first-order valence-electron chi connectivity index (χ1n) is 5.79. The molecule has 1 unspecified atom stereocenters. The fraction of sp³-hybridized carbons (Fsp3) is 0.333. The SMILES string of the molecule is CCC(N)Cc1cnc(Sc2ncccn2)nc1. The number of nitrogens with zero attached hydrogens (tertiary/aromatic N) is 4. The molecule has 1 atom stereocenters. The molecule has 0 amide bonds. The van der Waals surface area contributed by atoms with Crippen LogP contribution < -0.4 is 5.73 Å². The van der Waals surface area contributed by atoms with Gasteiger partial charge in [-0.05, 0) is 36.2 Å². The molecule has 0 fully saturated rings. The Kier molecular flexibility index (Phi) is 4.60. The van der Waals surface area contributed by atoms with Gasteiger partial charge in [0.25, 0.3) is 0 Å². The first-order chi connectivity index (χ1) is 8.78. The van der Waals surface area contributed by atoms with Gasteiger partial charge < -0.3 is 5.73 Å². The van der Waals surface area contributed by atoms with Crippen molar-refractivity contribution in [3.05, 3.63) is 36.4 Å². The summed E-state index contributed by atoms with van der Waals surface area (Å²) in [6, 6.07) is 1.95. The molecule has 0 bridgehead atoms. The third-order valence-electron chi connectivity index (χ3n) is 2.43. The van der Waals surface area contributed by atoms with E-state index in [0.717, 1.165) is 18.4 Å². The van der Waals surface area contributed by atoms with Crippen LogP contribution in [0.2, 0.25) is 0 Å². The van der Waals surface area contributed by atoms with Crippen LogP contribution in [0.1, 0.15) is 18.9 Å². The Morgan fingerprint density at radius 1 is 1.11 bits per heavy atom. The molecule has 2 aromatic heterocycles. The van der Waals surface area contributed by atoms with Gasteiger partial charge in [0.2, 0.25) is 0 Å². The Balaban J connectivity index is 2.00. The van der Waals surface area contributed by atoms with Gasteiger partial charge in [0.05, 0.1) is 0 Å². The molecule has 0 saturated carbocycles. The highest BCUT2D eigenvalue weighted by Gasteiger charge is 2.05. The topological polar surface area (TPSA) is 77.6 Å². The molecule has 2 aromatic rings. The van der Waals surface area contributed by atoms with Gasteiger partial charge in [0.1, 0.15) is 0 Å². The summed E-state index contributed by atoms with van der Waals surface area (Å²) in [6.45, 7) is 2.07. The fourth-order valence-electron chi connectivity index (χ4n) is 1.37. The lowest BCUT2D eigenvalue weighted by molar-refractivity contribution is 0.641. The molecule has 0 spiro atoms. The first-order valence-corrected chi connectivity index (χ1v) is 6.61. The highest BCUT2D eigenvalue weighted by molar-refractivity contribution is 7.99. The number of hydrogen-bond donors (Lipinski definition) is 1. The predicted octanol–water partition coefficient (Wildman–Crippen LogP) is 1.70. The van der Waals surface area contributed by atoms with Crippen LogP contribution in [-0.4, -0.2) is 26.0 Å². The van der Waals surface area contributed by atoms with E-state index in [4.69, 9.17) is 5.73 Å². The summed E-state index contributed by atoms with van der Waals surface area (Å²) < 4.78 is 0. The lowest BCUT2D eigenvalue weighted by atomic mass is 10.1. The highest BCUT2D eigenvalue weighted by atomic mass is 32.2. The van der Waals surface area contributed by atoms with Crippen LogP contribution in [0.15, 0.2) is 41.2 Å². The normalized spacial score (nSPS) is 12.3. The average Bonchev–Trinajstić information content (AvgIpc) is 2.42. The molecular weight excluding hydrogens is 246 g/mol. The number of aromatic nitrogens is 4. The Hall–Kier alpha value is -1.53. The minimum absolute atomic E-state index is 0.171. The maximum Gasteiger partial charge on any atom is 0.195 e. The summed E-state index contributed by atoms with van der Waals surface area (Å²) in [5, 5.41) is 1.30. The minimum Gasteiger partial charge on any atom is -0.327 e. The molecule has 0 radical (unpaired) electrons. The van der Waals surface area contributed by atoms with E-state index in [1.807, 2.05) is 12.4 Å². The standard InChI is InChI=1S/C12H15N5S/c1-2-10(13)6-9-7-16-12(17-8-9)18-11-14-4-3-5-15-11/h3-5,7-8,10H,2,6,13H2,1H3. The van der Waals surface area contributed by atoms with Crippen molar-refractivity contribution >= 4 is 11.8 Å². The van der Waals surface area contributed by atoms with E-state index >= 15 is 0 Å². The molecular formula is C12H15N5S. The molecule has 18 heavy (non-hydrogen) atoms. The fourth-order valence-corrected chi connectivity index (χ4v) is 1.97. The third-order valence-corrected chi connectivity index (χ3v) is 3.22. The quantitative estimate of drug-likeness (QED) is 0.825. The lowest BCUT2D eigenvalue weighted by Crippen LogP contribution is -2.21. The molecule has 0 aliphatic carbocycles. The maximum atomic E-state index is 5.89. The van der Waals surface area contributed by atoms with Crippen molar-refractivity contribution in [2.75, 3.05) is 0 Å². The van der Waals surface area contributed by atoms with E-state index in [1.54, 1.807) is 18.5 Å². The smallest absolute Gasteiger partial charge is 0.195 e. The van der Waals surface area contributed by atoms with Crippen LogP contribution >= 0.6 is 11.8 Å². The van der Waals surface area contributed by atoms with Crippen molar-refractivity contribution in [2.45, 2.75) is 36.1 Å². The van der Waals surface area contributed by atoms with E-state index in [2.05, 4.69) is 26.9 Å². The molecule has 2 N–H and O–H groups in total. The second kappa shape index (κ2) is 6.42. The third kappa shape index (κ3) is 3.75. The molecule has 0 aromatic carbocycles. The van der Waals surface area contributed by atoms with Gasteiger partial charge in [-0.2, -0.15) is 0 Å². The van der Waals surface area contributed by atoms with Gasteiger partial charge in [-0.15, -0.1) is 0 Å². The van der Waals surface area contributed by atoms with Crippen LogP contribution in [0, 0.1) is 0 Å². The molecule has 0 aliphatic heterocycles. The molecule has 0 saturated heterocycles. The van der Waals surface area contributed by atoms with E-state index in [9.17, 15) is 0 Å². The number of nitrogens with two attached hydrogens (primary N) is 1. The van der Waals surface area contributed by atoms with Crippen LogP contribution in [0.4, 0.5) is 0 Å². The highest BCUT2D eigenvalue weighted by Crippen LogP contribution is 2.19. The summed E-state index contributed by atoms with van der Waals surface area (Å²) in [6.07, 6.45) is 8.78. The Labute approximate surface area is 110 Å². The van der Waals surface area contributed by atoms with Crippen LogP contribution in [-0.2, 0) is 6.42 Å². The van der Waals surface area contributed by atoms with Gasteiger partial charge in [-0.1, -0.05) is 6.92 Å². The largest absolute Gasteiger partial charge is 0.327 e. The summed E-state index contributed by atoms with van der Waals surface area (Å²) in [4.78, 5) is 16.8. The zero-order valence-corrected chi connectivity index (χ0v) is 11.0. The number of rotatable bonds is 5. The van der Waals surface area contributed by atoms with Crippen molar-refractivity contribution in [1.29, 1.82) is 0 Å². The van der Waals surface area contributed by atoms with Crippen molar-refractivity contribution in [3.8, 4) is 0 Å². The van der Waals surface area contributed by atoms with Crippen LogP contribution in [0.5, 0.6) is 0 Å². The van der Waals surface area contributed by atoms with Crippen molar-refractivity contribution in [2.24, 2.45) is 5.73 Å². The molecule has 94 valence electrons. The summed E-state index contributed by atoms with van der Waals surface area (Å²) in [5.41, 5.74) is 6.94. The van der Waals surface area contributed by atoms with Gasteiger partial charge in [0, 0.05) is 30.8 Å². The monoisotopic (exact) mass is 261 g/mol. The Bertz CT molecular complexity index is 474. The second-order valence-electron chi connectivity index (χ2n) is 3.88. The predicted molar refractivity (Wildman–Crippen MR) is 70.2 cm³/mol. The summed E-state index contributed by atoms with van der Waals surface area (Å²) >= 11 is 1.35. The summed E-state index contributed by atoms with van der Waals surface area (Å²) in [5.74, 6) is 0. The Morgan fingerprint density at radius 2 is 1.72 bits per heavy atom. The molecule has 2 heterocycles. The van der Waals surface area contributed by atoms with E-state index in [-0.39, 0.29) is 6.04 Å². The minimum atomic E-state index is 0.171. The van der Waals surface area contributed by atoms with Gasteiger partial charge in [-0.25, -0.2) is 19.9 Å². The summed E-state index contributed by atoms with van der Waals surface area (Å²) in [7, 11) is 0. The van der Waals surface area contributed by atoms with E-state index in [1.165, 1.54) is 11.8 Å². The maximum absolute atomic E-state index is 5.89. The number of hydrogen-bond acceptors (Lipinski definition) is 6. The van der Waals surface area contributed by atoms with E-state index in [0.29, 0.717) is 10.3 Å². The first kappa shape index (κ1) is 12.9. The van der Waals surface area contributed by atoms with Crippen molar-refractivity contribution < 1.29 is 0 Å². The van der Waals surface area contributed by atoms with Gasteiger partial charge in [0.15, 0.2) is 10.3 Å². The average molecular weight is 261 g/mol. The Morgan fingerprint density at radius 3 is 2.33 bits per heavy atom. The van der Waals surface area contributed by atoms with Crippen LogP contribution in [0.3, 0.4) is 0 Å². The van der Waals surface area contributed by atoms with Gasteiger partial charge in [-0.3, -0.25) is 0 Å². The van der Waals surface area contributed by atoms with E-state index < -0.39 is 0 Å². The zero-order valence-electron chi connectivity index (χ0n) is 10.2. The lowest BCUT2D eigenvalue weighted by Gasteiger charge is -2.07. The van der Waals surface area contributed by atoms with Gasteiger partial charge >= 0.3 is 0 Å². The molecule has 2 rings (SSSR count). The molecule has 6 heteroatoms. The zero-order chi connectivity index (χ0) is 12.8. The second-order valence-corrected chi connectivity index (χ2v) is 4.81. The van der Waals surface area contributed by atoms with Crippen molar-refractivity contribution in [3.63, 3.8) is 0 Å². The van der Waals surface area contributed by atoms with Crippen molar-refractivity contribution in [1.82, 2.24) is 19.9 Å². The molecule has 5 nitrogen and oxygen atoms in total. The molecule has 0 aliphatic rings.